The van der Waals surface area contributed by atoms with Gasteiger partial charge in [-0.2, -0.15) is 0 Å². The average Bonchev–Trinajstić information content (AvgIpc) is 2.64. The fraction of sp³-hybridized carbons (Fsp3) is 0.385. The molecule has 0 spiro atoms. The molecule has 0 saturated carbocycles. The van der Waals surface area contributed by atoms with Crippen LogP contribution in [0.3, 0.4) is 0 Å². The Labute approximate surface area is 169 Å². The zero-order valence-electron chi connectivity index (χ0n) is 18.3. The van der Waals surface area contributed by atoms with E-state index in [1.807, 2.05) is 30.6 Å². The molecule has 2 aromatic carbocycles. The average molecular weight is 373 g/mol. The number of hydrogen-bond acceptors (Lipinski definition) is 2. The van der Waals surface area contributed by atoms with Crippen LogP contribution < -0.4 is 0 Å². The summed E-state index contributed by atoms with van der Waals surface area (Å²) < 4.78 is 0. The fourth-order valence-corrected chi connectivity index (χ4v) is 3.64. The highest BCUT2D eigenvalue weighted by Crippen LogP contribution is 2.34. The van der Waals surface area contributed by atoms with Crippen LogP contribution in [0.2, 0.25) is 0 Å². The minimum atomic E-state index is 0.0931. The first-order chi connectivity index (χ1) is 13.1. The van der Waals surface area contributed by atoms with Gasteiger partial charge in [0.05, 0.1) is 11.2 Å². The maximum atomic E-state index is 4.87. The van der Waals surface area contributed by atoms with Crippen LogP contribution in [0.25, 0.3) is 10.9 Å². The number of fused-ring (bicyclic) bond motifs is 1. The summed E-state index contributed by atoms with van der Waals surface area (Å²) in [7, 11) is 0. The summed E-state index contributed by atoms with van der Waals surface area (Å²) >= 11 is 0. The van der Waals surface area contributed by atoms with Crippen molar-refractivity contribution in [2.75, 3.05) is 0 Å². The molecule has 2 nitrogen and oxygen atoms in total. The number of para-hydroxylation sites is 1. The number of pyridine rings is 1. The monoisotopic (exact) mass is 372 g/mol. The molecule has 1 heterocycles. The SMILES string of the molecule is CCc1c(C=Nc2cccc3cccnc23)cc(C(C)(C)C)cc1C(C)(C)C. The number of benzene rings is 2. The van der Waals surface area contributed by atoms with Crippen molar-refractivity contribution in [3.8, 4) is 0 Å². The molecule has 28 heavy (non-hydrogen) atoms. The molecule has 3 aromatic rings. The van der Waals surface area contributed by atoms with Crippen LogP contribution in [0.4, 0.5) is 5.69 Å². The Hall–Kier alpha value is -2.48. The largest absolute Gasteiger partial charge is 0.254 e. The third-order valence-electron chi connectivity index (χ3n) is 5.27. The fourth-order valence-electron chi connectivity index (χ4n) is 3.64. The second kappa shape index (κ2) is 7.50. The molecule has 0 amide bonds. The Kier molecular flexibility index (Phi) is 5.43. The molecule has 0 aliphatic carbocycles. The number of rotatable bonds is 3. The molecule has 2 heteroatoms. The summed E-state index contributed by atoms with van der Waals surface area (Å²) in [5.41, 5.74) is 7.42. The van der Waals surface area contributed by atoms with Gasteiger partial charge < -0.3 is 0 Å². The molecule has 0 bridgehead atoms. The summed E-state index contributed by atoms with van der Waals surface area (Å²) in [5.74, 6) is 0. The summed E-state index contributed by atoms with van der Waals surface area (Å²) in [6.07, 6.45) is 4.86. The normalized spacial score (nSPS) is 12.8. The highest BCUT2D eigenvalue weighted by molar-refractivity contribution is 5.93. The van der Waals surface area contributed by atoms with Crippen molar-refractivity contribution < 1.29 is 0 Å². The first-order valence-corrected chi connectivity index (χ1v) is 10.2. The van der Waals surface area contributed by atoms with Gasteiger partial charge in [-0.25, -0.2) is 0 Å². The van der Waals surface area contributed by atoms with Gasteiger partial charge in [0.2, 0.25) is 0 Å². The Bertz CT molecular complexity index is 1010. The predicted molar refractivity (Wildman–Crippen MR) is 122 cm³/mol. The third kappa shape index (κ3) is 4.16. The third-order valence-corrected chi connectivity index (χ3v) is 5.27. The van der Waals surface area contributed by atoms with Gasteiger partial charge in [-0.05, 0) is 57.7 Å². The lowest BCUT2D eigenvalue weighted by Crippen LogP contribution is -2.20. The van der Waals surface area contributed by atoms with Crippen LogP contribution in [-0.2, 0) is 17.3 Å². The van der Waals surface area contributed by atoms with Crippen LogP contribution >= 0.6 is 0 Å². The number of hydrogen-bond donors (Lipinski definition) is 0. The van der Waals surface area contributed by atoms with Crippen LogP contribution in [0.1, 0.15) is 70.7 Å². The minimum absolute atomic E-state index is 0.0931. The van der Waals surface area contributed by atoms with Crippen LogP contribution in [0.15, 0.2) is 53.7 Å². The van der Waals surface area contributed by atoms with Crippen molar-refractivity contribution in [3.63, 3.8) is 0 Å². The smallest absolute Gasteiger partial charge is 0.0958 e. The van der Waals surface area contributed by atoms with E-state index < -0.39 is 0 Å². The molecule has 0 radical (unpaired) electrons. The first-order valence-electron chi connectivity index (χ1n) is 10.2. The van der Waals surface area contributed by atoms with Crippen molar-refractivity contribution in [1.29, 1.82) is 0 Å². The van der Waals surface area contributed by atoms with Gasteiger partial charge in [0, 0.05) is 17.8 Å². The molecule has 3 rings (SSSR count). The summed E-state index contributed by atoms with van der Waals surface area (Å²) in [6, 6.07) is 14.9. The maximum Gasteiger partial charge on any atom is 0.0958 e. The first kappa shape index (κ1) is 20.3. The topological polar surface area (TPSA) is 25.2 Å². The second-order valence-corrected chi connectivity index (χ2v) is 9.56. The van der Waals surface area contributed by atoms with E-state index in [9.17, 15) is 0 Å². The lowest BCUT2D eigenvalue weighted by Gasteiger charge is -2.29. The highest BCUT2D eigenvalue weighted by atomic mass is 14.8. The van der Waals surface area contributed by atoms with Gasteiger partial charge in [-0.1, -0.05) is 72.7 Å². The minimum Gasteiger partial charge on any atom is -0.254 e. The van der Waals surface area contributed by atoms with Crippen LogP contribution in [0.5, 0.6) is 0 Å². The van der Waals surface area contributed by atoms with Gasteiger partial charge in [0.1, 0.15) is 0 Å². The van der Waals surface area contributed by atoms with Gasteiger partial charge in [-0.15, -0.1) is 0 Å². The zero-order valence-corrected chi connectivity index (χ0v) is 18.3. The lowest BCUT2D eigenvalue weighted by molar-refractivity contribution is 0.563. The van der Waals surface area contributed by atoms with E-state index in [0.29, 0.717) is 0 Å². The van der Waals surface area contributed by atoms with Crippen molar-refractivity contribution in [2.24, 2.45) is 4.99 Å². The van der Waals surface area contributed by atoms with Gasteiger partial charge in [0.25, 0.3) is 0 Å². The van der Waals surface area contributed by atoms with Crippen LogP contribution in [-0.4, -0.2) is 11.2 Å². The molecule has 0 aliphatic rings. The van der Waals surface area contributed by atoms with E-state index in [-0.39, 0.29) is 10.8 Å². The number of nitrogens with zero attached hydrogens (tertiary/aromatic N) is 2. The number of aliphatic imine (C=N–C) groups is 1. The van der Waals surface area contributed by atoms with Crippen molar-refractivity contribution in [3.05, 3.63) is 70.9 Å². The van der Waals surface area contributed by atoms with Crippen molar-refractivity contribution >= 4 is 22.8 Å². The molecule has 146 valence electrons. The summed E-state index contributed by atoms with van der Waals surface area (Å²) in [5, 5.41) is 1.12. The molecule has 0 unspecified atom stereocenters. The van der Waals surface area contributed by atoms with Crippen molar-refractivity contribution in [1.82, 2.24) is 4.98 Å². The summed E-state index contributed by atoms with van der Waals surface area (Å²) in [4.78, 5) is 9.41. The summed E-state index contributed by atoms with van der Waals surface area (Å²) in [6.45, 7) is 15.9. The molecule has 0 saturated heterocycles. The molecule has 0 fully saturated rings. The van der Waals surface area contributed by atoms with E-state index in [1.165, 1.54) is 22.3 Å². The molecule has 0 aliphatic heterocycles. The Morgan fingerprint density at radius 2 is 1.64 bits per heavy atom. The molecular formula is C26H32N2. The highest BCUT2D eigenvalue weighted by Gasteiger charge is 2.23. The van der Waals surface area contributed by atoms with Gasteiger partial charge in [-0.3, -0.25) is 9.98 Å². The Balaban J connectivity index is 2.18. The Morgan fingerprint density at radius 1 is 0.929 bits per heavy atom. The van der Waals surface area contributed by atoms with E-state index in [2.05, 4.69) is 77.7 Å². The zero-order chi connectivity index (χ0) is 20.5. The van der Waals surface area contributed by atoms with Gasteiger partial charge >= 0.3 is 0 Å². The quantitative estimate of drug-likeness (QED) is 0.448. The van der Waals surface area contributed by atoms with E-state index in [4.69, 9.17) is 4.99 Å². The standard InChI is InChI=1S/C26H32N2/c1-8-21-19(15-20(25(2,3)4)16-22(21)26(5,6)7)17-28-23-13-9-11-18-12-10-14-27-24(18)23/h9-17H,8H2,1-7H3. The predicted octanol–water partition coefficient (Wildman–Crippen LogP) is 7.14. The molecule has 0 N–H and O–H groups in total. The molecule has 1 aromatic heterocycles. The maximum absolute atomic E-state index is 4.87. The van der Waals surface area contributed by atoms with E-state index in [0.717, 1.165) is 23.0 Å². The lowest BCUT2D eigenvalue weighted by atomic mass is 9.76. The Morgan fingerprint density at radius 3 is 2.29 bits per heavy atom. The molecule has 0 atom stereocenters. The van der Waals surface area contributed by atoms with Gasteiger partial charge in [0.15, 0.2) is 0 Å². The van der Waals surface area contributed by atoms with Crippen LogP contribution in [0, 0.1) is 0 Å². The van der Waals surface area contributed by atoms with E-state index >= 15 is 0 Å². The molecular weight excluding hydrogens is 340 g/mol. The second-order valence-electron chi connectivity index (χ2n) is 9.56. The van der Waals surface area contributed by atoms with E-state index in [1.54, 1.807) is 0 Å². The number of aromatic nitrogens is 1. The van der Waals surface area contributed by atoms with Crippen molar-refractivity contribution in [2.45, 2.75) is 65.7 Å².